The lowest BCUT2D eigenvalue weighted by molar-refractivity contribution is -0.177. The summed E-state index contributed by atoms with van der Waals surface area (Å²) < 4.78 is 50.5. The number of carbonyl (C=O) groups is 1. The highest BCUT2D eigenvalue weighted by molar-refractivity contribution is 7.86. The summed E-state index contributed by atoms with van der Waals surface area (Å²) in [5.41, 5.74) is -3.27. The number of hydrogen-bond donors (Lipinski definition) is 0. The maximum absolute atomic E-state index is 13.5. The van der Waals surface area contributed by atoms with E-state index in [4.69, 9.17) is 4.74 Å². The Bertz CT molecular complexity index is 508. The van der Waals surface area contributed by atoms with Gasteiger partial charge in [-0.1, -0.05) is 0 Å². The highest BCUT2D eigenvalue weighted by Crippen LogP contribution is 2.60. The summed E-state index contributed by atoms with van der Waals surface area (Å²) in [7, 11) is -5.10. The van der Waals surface area contributed by atoms with E-state index >= 15 is 0 Å². The van der Waals surface area contributed by atoms with Gasteiger partial charge in [-0.3, -0.25) is 4.79 Å². The Kier molecular flexibility index (Phi) is 3.56. The maximum Gasteiger partial charge on any atom is 0.312 e. The summed E-state index contributed by atoms with van der Waals surface area (Å²) in [5, 5.41) is 0. The lowest BCUT2D eigenvalue weighted by Crippen LogP contribution is -2.51. The molecule has 0 amide bonds. The lowest BCUT2D eigenvalue weighted by atomic mass is 9.49. The Morgan fingerprint density at radius 3 is 2.00 bits per heavy atom. The van der Waals surface area contributed by atoms with Crippen LogP contribution in [0.15, 0.2) is 0 Å². The van der Waals surface area contributed by atoms with Crippen LogP contribution in [0.5, 0.6) is 0 Å². The molecular formula is C14H20FO5S-. The van der Waals surface area contributed by atoms with E-state index in [1.807, 2.05) is 0 Å². The number of carbonyl (C=O) groups excluding carboxylic acids is 1. The molecular weight excluding hydrogens is 299 g/mol. The number of esters is 1. The van der Waals surface area contributed by atoms with Crippen molar-refractivity contribution < 1.29 is 26.9 Å². The summed E-state index contributed by atoms with van der Waals surface area (Å²) in [6, 6.07) is 0. The third-order valence-electron chi connectivity index (χ3n) is 5.41. The first kappa shape index (κ1) is 15.2. The second-order valence-electron chi connectivity index (χ2n) is 7.15. The van der Waals surface area contributed by atoms with Crippen LogP contribution in [0.25, 0.3) is 0 Å². The molecule has 0 aromatic rings. The second-order valence-corrected chi connectivity index (χ2v) is 8.59. The molecule has 4 aliphatic rings. The molecule has 4 saturated carbocycles. The third kappa shape index (κ3) is 2.70. The average Bonchev–Trinajstić information content (AvgIpc) is 2.34. The van der Waals surface area contributed by atoms with E-state index in [1.165, 1.54) is 0 Å². The highest BCUT2D eigenvalue weighted by atomic mass is 32.2. The molecule has 4 fully saturated rings. The molecule has 4 bridgehead atoms. The summed E-state index contributed by atoms with van der Waals surface area (Å²) in [6.45, 7) is 1.12. The molecule has 120 valence electrons. The normalized spacial score (nSPS) is 40.8. The average molecular weight is 319 g/mol. The summed E-state index contributed by atoms with van der Waals surface area (Å²) in [6.07, 6.45) is 4.19. The predicted octanol–water partition coefficient (Wildman–Crippen LogP) is 1.98. The van der Waals surface area contributed by atoms with Gasteiger partial charge >= 0.3 is 5.97 Å². The van der Waals surface area contributed by atoms with Crippen LogP contribution in [0.4, 0.5) is 4.39 Å². The number of hydrogen-bond acceptors (Lipinski definition) is 5. The minimum atomic E-state index is -5.10. The van der Waals surface area contributed by atoms with E-state index in [-0.39, 0.29) is 0 Å². The van der Waals surface area contributed by atoms with Gasteiger partial charge in [-0.25, -0.2) is 12.8 Å². The maximum atomic E-state index is 13.5. The SMILES string of the molecule is CC(OC(=O)C12CC3CC(CC(C3)C1)C2)C(F)S(=O)(=O)[O-]. The Labute approximate surface area is 124 Å². The zero-order valence-corrected chi connectivity index (χ0v) is 12.8. The molecule has 2 unspecified atom stereocenters. The minimum Gasteiger partial charge on any atom is -0.746 e. The van der Waals surface area contributed by atoms with E-state index in [0.29, 0.717) is 17.8 Å². The van der Waals surface area contributed by atoms with Crippen LogP contribution in [0, 0.1) is 23.2 Å². The van der Waals surface area contributed by atoms with Crippen molar-refractivity contribution in [3.05, 3.63) is 0 Å². The Balaban J connectivity index is 1.71. The van der Waals surface area contributed by atoms with Gasteiger partial charge in [-0.15, -0.1) is 0 Å². The molecule has 4 rings (SSSR count). The van der Waals surface area contributed by atoms with Crippen molar-refractivity contribution in [2.45, 2.75) is 57.1 Å². The molecule has 7 heteroatoms. The van der Waals surface area contributed by atoms with Crippen LogP contribution >= 0.6 is 0 Å². The van der Waals surface area contributed by atoms with E-state index in [9.17, 15) is 22.2 Å². The largest absolute Gasteiger partial charge is 0.746 e. The topological polar surface area (TPSA) is 83.5 Å². The van der Waals surface area contributed by atoms with Gasteiger partial charge in [0, 0.05) is 0 Å². The Morgan fingerprint density at radius 2 is 1.62 bits per heavy atom. The number of ether oxygens (including phenoxy) is 1. The number of halogens is 1. The number of rotatable bonds is 4. The molecule has 0 N–H and O–H groups in total. The molecule has 2 atom stereocenters. The van der Waals surface area contributed by atoms with E-state index in [0.717, 1.165) is 45.4 Å². The van der Waals surface area contributed by atoms with Crippen molar-refractivity contribution in [1.29, 1.82) is 0 Å². The second kappa shape index (κ2) is 4.91. The van der Waals surface area contributed by atoms with Crippen molar-refractivity contribution in [2.75, 3.05) is 0 Å². The van der Waals surface area contributed by atoms with Gasteiger partial charge in [0.25, 0.3) is 0 Å². The standard InChI is InChI=1S/C14H21FO5S/c1-8(12(15)21(17,18)19)20-13(16)14-5-9-2-10(6-14)4-11(3-9)7-14/h8-12H,2-7H2,1H3,(H,17,18,19)/p-1. The van der Waals surface area contributed by atoms with Gasteiger partial charge < -0.3 is 9.29 Å². The monoisotopic (exact) mass is 319 g/mol. The van der Waals surface area contributed by atoms with Crippen molar-refractivity contribution in [3.63, 3.8) is 0 Å². The fraction of sp³-hybridized carbons (Fsp3) is 0.929. The first-order valence-electron chi connectivity index (χ1n) is 7.49. The predicted molar refractivity (Wildman–Crippen MR) is 70.8 cm³/mol. The minimum absolute atomic E-state index is 0.514. The lowest BCUT2D eigenvalue weighted by Gasteiger charge is -2.55. The van der Waals surface area contributed by atoms with Gasteiger partial charge in [-0.05, 0) is 63.2 Å². The quantitative estimate of drug-likeness (QED) is 0.584. The van der Waals surface area contributed by atoms with Crippen LogP contribution in [0.1, 0.15) is 45.4 Å². The van der Waals surface area contributed by atoms with Crippen molar-refractivity contribution in [1.82, 2.24) is 0 Å². The van der Waals surface area contributed by atoms with Crippen LogP contribution in [0.3, 0.4) is 0 Å². The molecule has 0 saturated heterocycles. The molecule has 5 nitrogen and oxygen atoms in total. The Morgan fingerprint density at radius 1 is 1.19 bits per heavy atom. The zero-order chi connectivity index (χ0) is 15.4. The van der Waals surface area contributed by atoms with Gasteiger partial charge in [0.1, 0.15) is 16.2 Å². The summed E-state index contributed by atoms with van der Waals surface area (Å²) in [5.74, 6) is 1.08. The van der Waals surface area contributed by atoms with Gasteiger partial charge in [0.15, 0.2) is 0 Å². The van der Waals surface area contributed by atoms with E-state index in [1.54, 1.807) is 0 Å². The molecule has 0 aromatic carbocycles. The summed E-state index contributed by atoms with van der Waals surface area (Å²) in [4.78, 5) is 12.5. The molecule has 0 heterocycles. The van der Waals surface area contributed by atoms with Crippen molar-refractivity contribution in [2.24, 2.45) is 23.2 Å². The first-order chi connectivity index (χ1) is 9.69. The van der Waals surface area contributed by atoms with Crippen molar-refractivity contribution >= 4 is 16.1 Å². The van der Waals surface area contributed by atoms with Gasteiger partial charge in [-0.2, -0.15) is 0 Å². The first-order valence-corrected chi connectivity index (χ1v) is 8.96. The Hall–Kier alpha value is -0.690. The highest BCUT2D eigenvalue weighted by Gasteiger charge is 2.56. The summed E-state index contributed by atoms with van der Waals surface area (Å²) >= 11 is 0. The third-order valence-corrected chi connectivity index (χ3v) is 6.34. The fourth-order valence-corrected chi connectivity index (χ4v) is 5.47. The van der Waals surface area contributed by atoms with E-state index < -0.39 is 33.1 Å². The van der Waals surface area contributed by atoms with Crippen LogP contribution in [0.2, 0.25) is 0 Å². The molecule has 0 radical (unpaired) electrons. The van der Waals surface area contributed by atoms with Crippen LogP contribution in [-0.2, 0) is 19.6 Å². The molecule has 0 aliphatic heterocycles. The van der Waals surface area contributed by atoms with E-state index in [2.05, 4.69) is 0 Å². The fourth-order valence-electron chi connectivity index (χ4n) is 4.94. The molecule has 4 aliphatic carbocycles. The molecule has 21 heavy (non-hydrogen) atoms. The van der Waals surface area contributed by atoms with Crippen LogP contribution < -0.4 is 0 Å². The van der Waals surface area contributed by atoms with Crippen LogP contribution in [-0.4, -0.2) is 30.5 Å². The molecule has 0 aromatic heterocycles. The zero-order valence-electron chi connectivity index (χ0n) is 12.0. The molecule has 0 spiro atoms. The van der Waals surface area contributed by atoms with Gasteiger partial charge in [0.05, 0.1) is 5.41 Å². The number of alkyl halides is 1. The smallest absolute Gasteiger partial charge is 0.312 e. The van der Waals surface area contributed by atoms with Crippen molar-refractivity contribution in [3.8, 4) is 0 Å². The van der Waals surface area contributed by atoms with Gasteiger partial charge in [0.2, 0.25) is 5.50 Å².